The first-order chi connectivity index (χ1) is 16.5. The quantitative estimate of drug-likeness (QED) is 0.581. The Morgan fingerprint density at radius 1 is 0.971 bits per heavy atom. The smallest absolute Gasteiger partial charge is 0.324 e. The standard InChI is InChI=1S/C25H30N2O6S/c28-24(31-19-20-5-2-1-3-6-20)23-7-4-14-27(23)34(29,30)22-10-8-21(9-11-22)26-15-12-25(13-16-26)32-17-18-33-25/h1-3,5-6,8-11,23H,4,7,12-19H2. The molecule has 0 amide bonds. The number of sulfonamides is 1. The third-order valence-electron chi connectivity index (χ3n) is 6.85. The SMILES string of the molecule is O=C(OCc1ccccc1)C1CCCN1S(=O)(=O)c1ccc(N2CCC3(CC2)OCCO3)cc1. The highest BCUT2D eigenvalue weighted by Gasteiger charge is 2.41. The molecule has 8 nitrogen and oxygen atoms in total. The van der Waals surface area contributed by atoms with Gasteiger partial charge in [0.25, 0.3) is 0 Å². The van der Waals surface area contributed by atoms with Crippen LogP contribution in [0.15, 0.2) is 59.5 Å². The normalized spacial score (nSPS) is 22.8. The van der Waals surface area contributed by atoms with E-state index in [9.17, 15) is 13.2 Å². The molecule has 0 aliphatic carbocycles. The highest BCUT2D eigenvalue weighted by atomic mass is 32.2. The average molecular weight is 487 g/mol. The van der Waals surface area contributed by atoms with E-state index in [2.05, 4.69) is 4.90 Å². The number of hydrogen-bond acceptors (Lipinski definition) is 7. The van der Waals surface area contributed by atoms with Crippen LogP contribution < -0.4 is 4.90 Å². The monoisotopic (exact) mass is 486 g/mol. The van der Waals surface area contributed by atoms with Crippen molar-refractivity contribution in [3.63, 3.8) is 0 Å². The van der Waals surface area contributed by atoms with Crippen molar-refractivity contribution in [1.29, 1.82) is 0 Å². The van der Waals surface area contributed by atoms with E-state index in [1.807, 2.05) is 42.5 Å². The molecule has 3 aliphatic rings. The van der Waals surface area contributed by atoms with Crippen LogP contribution in [0.3, 0.4) is 0 Å². The summed E-state index contributed by atoms with van der Waals surface area (Å²) in [6.07, 6.45) is 2.66. The Morgan fingerprint density at radius 2 is 1.65 bits per heavy atom. The summed E-state index contributed by atoms with van der Waals surface area (Å²) in [6, 6.07) is 15.5. The van der Waals surface area contributed by atoms with Gasteiger partial charge in [0.15, 0.2) is 5.79 Å². The van der Waals surface area contributed by atoms with Gasteiger partial charge < -0.3 is 19.1 Å². The lowest BCUT2D eigenvalue weighted by atomic mass is 10.0. The molecule has 3 heterocycles. The topological polar surface area (TPSA) is 85.4 Å². The molecule has 34 heavy (non-hydrogen) atoms. The molecular formula is C25H30N2O6S. The van der Waals surface area contributed by atoms with Crippen LogP contribution >= 0.6 is 0 Å². The summed E-state index contributed by atoms with van der Waals surface area (Å²) < 4.78 is 45.0. The fourth-order valence-corrected chi connectivity index (χ4v) is 6.59. The highest BCUT2D eigenvalue weighted by Crippen LogP contribution is 2.34. The average Bonchev–Trinajstić information content (AvgIpc) is 3.55. The molecule has 0 aromatic heterocycles. The predicted molar refractivity (Wildman–Crippen MR) is 126 cm³/mol. The molecule has 0 N–H and O–H groups in total. The van der Waals surface area contributed by atoms with Gasteiger partial charge in [0.2, 0.25) is 10.0 Å². The Balaban J connectivity index is 1.23. The van der Waals surface area contributed by atoms with Crippen molar-refractivity contribution in [2.24, 2.45) is 0 Å². The minimum atomic E-state index is -3.81. The van der Waals surface area contributed by atoms with Crippen LogP contribution in [0, 0.1) is 0 Å². The van der Waals surface area contributed by atoms with Gasteiger partial charge in [-0.05, 0) is 42.7 Å². The van der Waals surface area contributed by atoms with Gasteiger partial charge in [-0.15, -0.1) is 0 Å². The number of esters is 1. The number of ether oxygens (including phenoxy) is 3. The Morgan fingerprint density at radius 3 is 2.32 bits per heavy atom. The fraction of sp³-hybridized carbons (Fsp3) is 0.480. The number of carbonyl (C=O) groups is 1. The molecule has 1 unspecified atom stereocenters. The second kappa shape index (κ2) is 9.65. The molecular weight excluding hydrogens is 456 g/mol. The number of hydrogen-bond donors (Lipinski definition) is 0. The molecule has 182 valence electrons. The van der Waals surface area contributed by atoms with Crippen LogP contribution in [0.2, 0.25) is 0 Å². The van der Waals surface area contributed by atoms with Gasteiger partial charge in [-0.2, -0.15) is 4.31 Å². The van der Waals surface area contributed by atoms with E-state index < -0.39 is 27.8 Å². The largest absolute Gasteiger partial charge is 0.460 e. The van der Waals surface area contributed by atoms with Crippen LogP contribution in [0.25, 0.3) is 0 Å². The first-order valence-electron chi connectivity index (χ1n) is 11.8. The van der Waals surface area contributed by atoms with Crippen LogP contribution in [0.1, 0.15) is 31.2 Å². The summed E-state index contributed by atoms with van der Waals surface area (Å²) in [6.45, 7) is 3.30. The van der Waals surface area contributed by atoms with E-state index in [-0.39, 0.29) is 11.5 Å². The van der Waals surface area contributed by atoms with Crippen molar-refractivity contribution < 1.29 is 27.4 Å². The molecule has 2 aromatic carbocycles. The number of piperidine rings is 1. The van der Waals surface area contributed by atoms with E-state index in [1.54, 1.807) is 12.1 Å². The molecule has 0 radical (unpaired) electrons. The molecule has 3 aliphatic heterocycles. The van der Waals surface area contributed by atoms with Crippen LogP contribution in [-0.4, -0.2) is 63.4 Å². The molecule has 3 fully saturated rings. The van der Waals surface area contributed by atoms with E-state index in [4.69, 9.17) is 14.2 Å². The number of nitrogens with zero attached hydrogens (tertiary/aromatic N) is 2. The van der Waals surface area contributed by atoms with Gasteiger partial charge in [-0.1, -0.05) is 30.3 Å². The van der Waals surface area contributed by atoms with Crippen LogP contribution in [0.5, 0.6) is 0 Å². The summed E-state index contributed by atoms with van der Waals surface area (Å²) in [5, 5.41) is 0. The van der Waals surface area contributed by atoms with Gasteiger partial charge in [0, 0.05) is 38.2 Å². The van der Waals surface area contributed by atoms with Gasteiger partial charge in [-0.3, -0.25) is 4.79 Å². The number of anilines is 1. The number of benzene rings is 2. The summed E-state index contributed by atoms with van der Waals surface area (Å²) in [5.41, 5.74) is 1.83. The van der Waals surface area contributed by atoms with Crippen molar-refractivity contribution in [3.8, 4) is 0 Å². The van der Waals surface area contributed by atoms with Gasteiger partial charge in [-0.25, -0.2) is 8.42 Å². The molecule has 0 bridgehead atoms. The Kier molecular flexibility index (Phi) is 6.61. The lowest BCUT2D eigenvalue weighted by Crippen LogP contribution is -2.45. The summed E-state index contributed by atoms with van der Waals surface area (Å²) in [4.78, 5) is 15.1. The molecule has 3 saturated heterocycles. The van der Waals surface area contributed by atoms with Crippen molar-refractivity contribution in [2.75, 3.05) is 37.7 Å². The first kappa shape index (κ1) is 23.3. The minimum absolute atomic E-state index is 0.131. The summed E-state index contributed by atoms with van der Waals surface area (Å²) in [7, 11) is -3.81. The molecule has 9 heteroatoms. The zero-order chi connectivity index (χ0) is 23.6. The zero-order valence-corrected chi connectivity index (χ0v) is 19.9. The maximum Gasteiger partial charge on any atom is 0.324 e. The van der Waals surface area contributed by atoms with Crippen molar-refractivity contribution in [3.05, 3.63) is 60.2 Å². The molecule has 1 spiro atoms. The lowest BCUT2D eigenvalue weighted by molar-refractivity contribution is -0.169. The van der Waals surface area contributed by atoms with Gasteiger partial charge in [0.1, 0.15) is 12.6 Å². The van der Waals surface area contributed by atoms with Crippen molar-refractivity contribution >= 4 is 21.7 Å². The molecule has 5 rings (SSSR count). The maximum absolute atomic E-state index is 13.4. The minimum Gasteiger partial charge on any atom is -0.460 e. The predicted octanol–water partition coefficient (Wildman–Crippen LogP) is 2.93. The Labute approximate surface area is 200 Å². The van der Waals surface area contributed by atoms with E-state index in [1.165, 1.54) is 4.31 Å². The third kappa shape index (κ3) is 4.70. The lowest BCUT2D eigenvalue weighted by Gasteiger charge is -2.38. The van der Waals surface area contributed by atoms with Gasteiger partial charge in [0.05, 0.1) is 18.1 Å². The van der Waals surface area contributed by atoms with Crippen LogP contribution in [0.4, 0.5) is 5.69 Å². The third-order valence-corrected chi connectivity index (χ3v) is 8.77. The maximum atomic E-state index is 13.4. The molecule has 2 aromatic rings. The van der Waals surface area contributed by atoms with E-state index in [0.717, 1.165) is 37.2 Å². The second-order valence-corrected chi connectivity index (χ2v) is 10.8. The molecule has 1 atom stereocenters. The zero-order valence-electron chi connectivity index (χ0n) is 19.1. The summed E-state index contributed by atoms with van der Waals surface area (Å²) in [5.74, 6) is -0.945. The van der Waals surface area contributed by atoms with E-state index in [0.29, 0.717) is 32.6 Å². The second-order valence-electron chi connectivity index (χ2n) is 8.96. The Bertz CT molecular complexity index is 1090. The first-order valence-corrected chi connectivity index (χ1v) is 13.3. The van der Waals surface area contributed by atoms with Crippen molar-refractivity contribution in [2.45, 2.75) is 49.0 Å². The fourth-order valence-electron chi connectivity index (χ4n) is 4.94. The number of rotatable bonds is 6. The summed E-state index contributed by atoms with van der Waals surface area (Å²) >= 11 is 0. The highest BCUT2D eigenvalue weighted by molar-refractivity contribution is 7.89. The van der Waals surface area contributed by atoms with Crippen molar-refractivity contribution in [1.82, 2.24) is 4.31 Å². The Hall–Kier alpha value is -2.46. The van der Waals surface area contributed by atoms with E-state index >= 15 is 0 Å². The van der Waals surface area contributed by atoms with Gasteiger partial charge >= 0.3 is 5.97 Å². The van der Waals surface area contributed by atoms with Crippen LogP contribution in [-0.2, 0) is 35.6 Å². The number of carbonyl (C=O) groups excluding carboxylic acids is 1. The molecule has 0 saturated carbocycles.